The molecule has 6 nitrogen and oxygen atoms in total. The van der Waals surface area contributed by atoms with Crippen molar-refractivity contribution in [1.82, 2.24) is 14.7 Å². The Kier molecular flexibility index (Phi) is 6.80. The van der Waals surface area contributed by atoms with Gasteiger partial charge in [-0.05, 0) is 12.1 Å². The minimum atomic E-state index is -3.51. The number of hydrogen-bond donors (Lipinski definition) is 1. The van der Waals surface area contributed by atoms with Crippen LogP contribution in [0.4, 0.5) is 0 Å². The molecule has 2 saturated heterocycles. The fourth-order valence-corrected chi connectivity index (χ4v) is 7.59. The zero-order valence-electron chi connectivity index (χ0n) is 16.4. The van der Waals surface area contributed by atoms with E-state index in [-0.39, 0.29) is 5.78 Å². The van der Waals surface area contributed by atoms with E-state index in [9.17, 15) is 9.36 Å². The number of rotatable bonds is 8. The van der Waals surface area contributed by atoms with Crippen LogP contribution < -0.4 is 9.84 Å². The van der Waals surface area contributed by atoms with Gasteiger partial charge in [0.1, 0.15) is 11.5 Å². The highest BCUT2D eigenvalue weighted by atomic mass is 35.5. The van der Waals surface area contributed by atoms with Crippen LogP contribution in [0.1, 0.15) is 13.8 Å². The molecule has 0 unspecified atom stereocenters. The highest BCUT2D eigenvalue weighted by molar-refractivity contribution is 7.54. The number of alkyl halides is 2. The maximum absolute atomic E-state index is 14.4. The van der Waals surface area contributed by atoms with E-state index >= 15 is 0 Å². The zero-order valence-corrected chi connectivity index (χ0v) is 18.8. The monoisotopic (exact) mass is 447 g/mol. The predicted molar refractivity (Wildman–Crippen MR) is 113 cm³/mol. The smallest absolute Gasteiger partial charge is 0.395 e. The van der Waals surface area contributed by atoms with Crippen molar-refractivity contribution >= 4 is 36.7 Å². The van der Waals surface area contributed by atoms with Crippen molar-refractivity contribution in [2.75, 3.05) is 51.0 Å². The Morgan fingerprint density at radius 3 is 2.14 bits per heavy atom. The maximum atomic E-state index is 14.4. The molecular formula is C19H28Cl2N3O3P. The number of halogens is 2. The number of carbonyl (C=O) groups excluding carboxylic acids is 1. The Hall–Kier alpha value is -0.620. The molecule has 1 aromatic rings. The average Bonchev–Trinajstić information content (AvgIpc) is 2.65. The SMILES string of the molecule is C[C@@]12CNC[C@](C)(CN([P@](=O)(Oc3ccccc3)N(CCCl)CCCl)C1)C2=O. The van der Waals surface area contributed by atoms with Gasteiger partial charge in [0.2, 0.25) is 0 Å². The average molecular weight is 448 g/mol. The fourth-order valence-electron chi connectivity index (χ4n) is 4.27. The third-order valence-corrected chi connectivity index (χ3v) is 8.46. The molecule has 156 valence electrons. The van der Waals surface area contributed by atoms with Crippen LogP contribution in [-0.4, -0.2) is 66.2 Å². The van der Waals surface area contributed by atoms with Crippen molar-refractivity contribution in [3.05, 3.63) is 30.3 Å². The lowest BCUT2D eigenvalue weighted by atomic mass is 9.66. The summed E-state index contributed by atoms with van der Waals surface area (Å²) in [4.78, 5) is 13.1. The molecule has 28 heavy (non-hydrogen) atoms. The first-order chi connectivity index (χ1) is 13.3. The highest BCUT2D eigenvalue weighted by Crippen LogP contribution is 2.58. The number of nitrogens with zero attached hydrogens (tertiary/aromatic N) is 2. The Balaban J connectivity index is 2.01. The standard InChI is InChI=1S/C19H28Cl2N3O3P/c1-18-12-22-13-19(2,17(18)25)15-24(14-18)28(26,23(10-8-20)11-9-21)27-16-6-4-3-5-7-16/h3-7,22H,8-15H2,1-2H3/t18-,19-,28-/m1/s1. The van der Waals surface area contributed by atoms with Gasteiger partial charge in [-0.1, -0.05) is 32.0 Å². The molecule has 1 aromatic carbocycles. The van der Waals surface area contributed by atoms with E-state index in [1.807, 2.05) is 36.7 Å². The second-order valence-electron chi connectivity index (χ2n) is 8.10. The molecule has 2 aliphatic rings. The maximum Gasteiger partial charge on any atom is 0.395 e. The van der Waals surface area contributed by atoms with Crippen LogP contribution in [0.3, 0.4) is 0 Å². The summed E-state index contributed by atoms with van der Waals surface area (Å²) < 4.78 is 24.2. The predicted octanol–water partition coefficient (Wildman–Crippen LogP) is 3.45. The van der Waals surface area contributed by atoms with Gasteiger partial charge in [-0.3, -0.25) is 4.79 Å². The van der Waals surface area contributed by atoms with Crippen LogP contribution >= 0.6 is 30.9 Å². The molecule has 0 saturated carbocycles. The van der Waals surface area contributed by atoms with E-state index in [1.165, 1.54) is 0 Å². The summed E-state index contributed by atoms with van der Waals surface area (Å²) in [6.07, 6.45) is 0. The van der Waals surface area contributed by atoms with Gasteiger partial charge in [0.25, 0.3) is 0 Å². The van der Waals surface area contributed by atoms with E-state index in [2.05, 4.69) is 5.32 Å². The van der Waals surface area contributed by atoms with Crippen molar-refractivity contribution in [1.29, 1.82) is 0 Å². The minimum Gasteiger partial charge on any atom is -0.422 e. The molecule has 9 heteroatoms. The van der Waals surface area contributed by atoms with Crippen LogP contribution in [0.25, 0.3) is 0 Å². The molecule has 3 rings (SSSR count). The van der Waals surface area contributed by atoms with Gasteiger partial charge < -0.3 is 9.84 Å². The highest BCUT2D eigenvalue weighted by Gasteiger charge is 2.58. The molecule has 2 fully saturated rings. The summed E-state index contributed by atoms with van der Waals surface area (Å²) in [7, 11) is -3.51. The second kappa shape index (κ2) is 8.63. The third-order valence-electron chi connectivity index (χ3n) is 5.56. The second-order valence-corrected chi connectivity index (χ2v) is 11.2. The molecule has 2 aliphatic heterocycles. The number of benzene rings is 1. The summed E-state index contributed by atoms with van der Waals surface area (Å²) >= 11 is 12.0. The molecule has 1 N–H and O–H groups in total. The van der Waals surface area contributed by atoms with E-state index < -0.39 is 18.5 Å². The Morgan fingerprint density at radius 2 is 1.64 bits per heavy atom. The minimum absolute atomic E-state index is 0.225. The first kappa shape index (κ1) is 22.1. The van der Waals surface area contributed by atoms with Crippen molar-refractivity contribution in [2.45, 2.75) is 13.8 Å². The summed E-state index contributed by atoms with van der Waals surface area (Å²) in [6, 6.07) is 9.13. The van der Waals surface area contributed by atoms with Gasteiger partial charge >= 0.3 is 7.67 Å². The summed E-state index contributed by atoms with van der Waals surface area (Å²) in [5.41, 5.74) is -1.23. The molecular weight excluding hydrogens is 420 g/mol. The lowest BCUT2D eigenvalue weighted by molar-refractivity contribution is -0.146. The van der Waals surface area contributed by atoms with Crippen molar-refractivity contribution < 1.29 is 13.9 Å². The summed E-state index contributed by atoms with van der Waals surface area (Å²) in [6.45, 7) is 6.49. The number of nitrogens with one attached hydrogen (secondary N) is 1. The molecule has 2 bridgehead atoms. The molecule has 0 amide bonds. The molecule has 0 aromatic heterocycles. The first-order valence-corrected chi connectivity index (χ1v) is 12.1. The molecule has 2 heterocycles. The summed E-state index contributed by atoms with van der Waals surface area (Å²) in [5.74, 6) is 1.36. The largest absolute Gasteiger partial charge is 0.422 e. The van der Waals surface area contributed by atoms with E-state index in [0.29, 0.717) is 56.8 Å². The molecule has 0 radical (unpaired) electrons. The third kappa shape index (κ3) is 4.14. The van der Waals surface area contributed by atoms with Crippen LogP contribution in [0.15, 0.2) is 30.3 Å². The van der Waals surface area contributed by atoms with Gasteiger partial charge in [-0.25, -0.2) is 13.9 Å². The lowest BCUT2D eigenvalue weighted by Crippen LogP contribution is -2.67. The number of hydrogen-bond acceptors (Lipinski definition) is 4. The zero-order chi connectivity index (χ0) is 20.4. The Bertz CT molecular complexity index is 725. The van der Waals surface area contributed by atoms with E-state index in [0.717, 1.165) is 0 Å². The normalized spacial score (nSPS) is 30.2. The van der Waals surface area contributed by atoms with Gasteiger partial charge in [0.15, 0.2) is 0 Å². The van der Waals surface area contributed by atoms with Gasteiger partial charge in [-0.15, -0.1) is 23.2 Å². The number of piperidine rings is 2. The van der Waals surface area contributed by atoms with E-state index in [1.54, 1.807) is 16.8 Å². The fraction of sp³-hybridized carbons (Fsp3) is 0.632. The number of fused-ring (bicyclic) bond motifs is 2. The van der Waals surface area contributed by atoms with Crippen molar-refractivity contribution in [2.24, 2.45) is 10.8 Å². The molecule has 0 aliphatic carbocycles. The number of ketones is 1. The Morgan fingerprint density at radius 1 is 1.11 bits per heavy atom. The molecule has 0 spiro atoms. The van der Waals surface area contributed by atoms with E-state index in [4.69, 9.17) is 27.7 Å². The van der Waals surface area contributed by atoms with Crippen LogP contribution in [0.2, 0.25) is 0 Å². The summed E-state index contributed by atoms with van der Waals surface area (Å²) in [5, 5.41) is 3.37. The van der Waals surface area contributed by atoms with Crippen LogP contribution in [0.5, 0.6) is 5.75 Å². The van der Waals surface area contributed by atoms with Crippen LogP contribution in [-0.2, 0) is 9.36 Å². The van der Waals surface area contributed by atoms with Crippen molar-refractivity contribution in [3.63, 3.8) is 0 Å². The van der Waals surface area contributed by atoms with Gasteiger partial charge in [-0.2, -0.15) is 0 Å². The van der Waals surface area contributed by atoms with Crippen molar-refractivity contribution in [3.8, 4) is 5.75 Å². The topological polar surface area (TPSA) is 61.9 Å². The van der Waals surface area contributed by atoms with Gasteiger partial charge in [0, 0.05) is 51.0 Å². The van der Waals surface area contributed by atoms with Crippen LogP contribution in [0, 0.1) is 10.8 Å². The first-order valence-electron chi connectivity index (χ1n) is 9.50. The quantitative estimate of drug-likeness (QED) is 0.486. The molecule has 3 atom stereocenters. The number of carbonyl (C=O) groups is 1. The number of Topliss-reactive ketones (excluding diaryl/α,β-unsaturated/α-hetero) is 1. The number of para-hydroxylation sites is 1. The van der Waals surface area contributed by atoms with Gasteiger partial charge in [0.05, 0.1) is 10.8 Å². The lowest BCUT2D eigenvalue weighted by Gasteiger charge is -2.53. The Labute approximate surface area is 177 Å².